The van der Waals surface area contributed by atoms with Gasteiger partial charge in [-0.25, -0.2) is 4.79 Å². The van der Waals surface area contributed by atoms with Gasteiger partial charge < -0.3 is 10.2 Å². The number of amides is 4. The lowest BCUT2D eigenvalue weighted by atomic mass is 10.1. The smallest absolute Gasteiger partial charge is 0.325 e. The number of hydrogen-bond donors (Lipinski definition) is 2. The summed E-state index contributed by atoms with van der Waals surface area (Å²) in [5, 5.41) is 5.12. The number of likely N-dealkylation sites (tertiary alicyclic amines) is 1. The minimum atomic E-state index is -0.516. The van der Waals surface area contributed by atoms with E-state index in [4.69, 9.17) is 0 Å². The molecular formula is C22H33N5O3. The minimum Gasteiger partial charge on any atom is -0.342 e. The fraction of sp³-hybridized carbons (Fsp3) is 0.591. The lowest BCUT2D eigenvalue weighted by Gasteiger charge is -2.35. The molecule has 3 rings (SSSR count). The lowest BCUT2D eigenvalue weighted by molar-refractivity contribution is -0.134. The highest BCUT2D eigenvalue weighted by Gasteiger charge is 2.24. The third-order valence-corrected chi connectivity index (χ3v) is 5.78. The third-order valence-electron chi connectivity index (χ3n) is 5.78. The van der Waals surface area contributed by atoms with E-state index < -0.39 is 6.03 Å². The van der Waals surface area contributed by atoms with E-state index in [0.29, 0.717) is 25.3 Å². The zero-order valence-electron chi connectivity index (χ0n) is 18.1. The van der Waals surface area contributed by atoms with Crippen molar-refractivity contribution in [1.82, 2.24) is 20.0 Å². The van der Waals surface area contributed by atoms with E-state index in [9.17, 15) is 14.4 Å². The van der Waals surface area contributed by atoms with Gasteiger partial charge in [-0.3, -0.25) is 24.7 Å². The molecule has 2 aliphatic heterocycles. The molecule has 164 valence electrons. The van der Waals surface area contributed by atoms with Crippen LogP contribution in [0.5, 0.6) is 0 Å². The summed E-state index contributed by atoms with van der Waals surface area (Å²) in [5.41, 5.74) is 2.76. The van der Waals surface area contributed by atoms with Gasteiger partial charge in [-0.05, 0) is 44.7 Å². The number of nitrogens with one attached hydrogen (secondary N) is 2. The van der Waals surface area contributed by atoms with E-state index in [1.54, 1.807) is 0 Å². The molecular weight excluding hydrogens is 382 g/mol. The summed E-state index contributed by atoms with van der Waals surface area (Å²) >= 11 is 0. The number of benzene rings is 1. The van der Waals surface area contributed by atoms with Gasteiger partial charge in [0, 0.05) is 45.0 Å². The van der Waals surface area contributed by atoms with Gasteiger partial charge in [0.25, 0.3) is 0 Å². The predicted molar refractivity (Wildman–Crippen MR) is 116 cm³/mol. The fourth-order valence-corrected chi connectivity index (χ4v) is 4.02. The van der Waals surface area contributed by atoms with Gasteiger partial charge in [0.1, 0.15) is 0 Å². The second-order valence-electron chi connectivity index (χ2n) is 8.31. The van der Waals surface area contributed by atoms with Crippen LogP contribution in [0.1, 0.15) is 30.4 Å². The Labute approximate surface area is 178 Å². The monoisotopic (exact) mass is 415 g/mol. The molecule has 2 saturated heterocycles. The third kappa shape index (κ3) is 6.53. The van der Waals surface area contributed by atoms with Crippen LogP contribution < -0.4 is 10.6 Å². The maximum atomic E-state index is 12.4. The van der Waals surface area contributed by atoms with Crippen molar-refractivity contribution in [2.75, 3.05) is 57.7 Å². The van der Waals surface area contributed by atoms with E-state index in [0.717, 1.165) is 50.1 Å². The molecule has 0 spiro atoms. The van der Waals surface area contributed by atoms with E-state index in [-0.39, 0.29) is 18.4 Å². The van der Waals surface area contributed by atoms with Crippen molar-refractivity contribution in [1.29, 1.82) is 0 Å². The van der Waals surface area contributed by atoms with Crippen LogP contribution in [-0.2, 0) is 9.59 Å². The minimum absolute atomic E-state index is 0.175. The first kappa shape index (κ1) is 22.2. The molecule has 30 heavy (non-hydrogen) atoms. The standard InChI is InChI=1S/C22H33N5O3/c1-17-6-7-19(18(2)14-17)23-22(30)24-20(28)15-25-10-12-26(13-11-25)16-21(29)27-8-4-3-5-9-27/h6-7,14H,3-5,8-13,15-16H2,1-2H3,(H2,23,24,28,30). The van der Waals surface area contributed by atoms with Crippen molar-refractivity contribution >= 4 is 23.5 Å². The highest BCUT2D eigenvalue weighted by molar-refractivity contribution is 6.02. The predicted octanol–water partition coefficient (Wildman–Crippen LogP) is 1.58. The zero-order chi connectivity index (χ0) is 21.5. The summed E-state index contributed by atoms with van der Waals surface area (Å²) in [7, 11) is 0. The van der Waals surface area contributed by atoms with Crippen molar-refractivity contribution in [3.8, 4) is 0 Å². The van der Waals surface area contributed by atoms with Crippen LogP contribution in [0.15, 0.2) is 18.2 Å². The van der Waals surface area contributed by atoms with E-state index in [2.05, 4.69) is 15.5 Å². The molecule has 0 atom stereocenters. The van der Waals surface area contributed by atoms with Gasteiger partial charge in [-0.2, -0.15) is 0 Å². The first-order valence-electron chi connectivity index (χ1n) is 10.8. The van der Waals surface area contributed by atoms with Crippen LogP contribution in [0.25, 0.3) is 0 Å². The molecule has 0 aliphatic carbocycles. The van der Waals surface area contributed by atoms with Gasteiger partial charge in [-0.15, -0.1) is 0 Å². The van der Waals surface area contributed by atoms with Crippen LogP contribution in [-0.4, -0.2) is 84.9 Å². The zero-order valence-corrected chi connectivity index (χ0v) is 18.1. The van der Waals surface area contributed by atoms with Gasteiger partial charge in [0.15, 0.2) is 0 Å². The Morgan fingerprint density at radius 1 is 0.867 bits per heavy atom. The Hall–Kier alpha value is -2.45. The average molecular weight is 416 g/mol. The molecule has 8 nitrogen and oxygen atoms in total. The molecule has 2 fully saturated rings. The highest BCUT2D eigenvalue weighted by Crippen LogP contribution is 2.15. The second kappa shape index (κ2) is 10.5. The summed E-state index contributed by atoms with van der Waals surface area (Å²) < 4.78 is 0. The first-order chi connectivity index (χ1) is 14.4. The lowest BCUT2D eigenvalue weighted by Crippen LogP contribution is -2.52. The van der Waals surface area contributed by atoms with Gasteiger partial charge in [0.2, 0.25) is 11.8 Å². The van der Waals surface area contributed by atoms with Crippen LogP contribution >= 0.6 is 0 Å². The highest BCUT2D eigenvalue weighted by atomic mass is 16.2. The summed E-state index contributed by atoms with van der Waals surface area (Å²) in [4.78, 5) is 42.9. The number of imide groups is 1. The molecule has 2 aliphatic rings. The van der Waals surface area contributed by atoms with E-state index in [1.807, 2.05) is 41.8 Å². The summed E-state index contributed by atoms with van der Waals surface area (Å²) in [6.45, 7) is 9.21. The van der Waals surface area contributed by atoms with Crippen molar-refractivity contribution in [2.45, 2.75) is 33.1 Å². The molecule has 2 heterocycles. The Balaban J connectivity index is 1.36. The number of hydrogen-bond acceptors (Lipinski definition) is 5. The molecule has 2 N–H and O–H groups in total. The molecule has 1 aromatic rings. The fourth-order valence-electron chi connectivity index (χ4n) is 4.02. The van der Waals surface area contributed by atoms with Crippen molar-refractivity contribution < 1.29 is 14.4 Å². The number of carbonyl (C=O) groups is 3. The Morgan fingerprint density at radius 3 is 2.13 bits per heavy atom. The number of piperazine rings is 1. The Morgan fingerprint density at radius 2 is 1.50 bits per heavy atom. The molecule has 0 radical (unpaired) electrons. The molecule has 8 heteroatoms. The normalized spacial score (nSPS) is 18.1. The Kier molecular flexibility index (Phi) is 7.81. The second-order valence-corrected chi connectivity index (χ2v) is 8.31. The summed E-state index contributed by atoms with van der Waals surface area (Å²) in [6, 6.07) is 5.21. The van der Waals surface area contributed by atoms with Crippen molar-refractivity contribution in [2.24, 2.45) is 0 Å². The largest absolute Gasteiger partial charge is 0.342 e. The van der Waals surface area contributed by atoms with Crippen LogP contribution in [0.2, 0.25) is 0 Å². The molecule has 0 bridgehead atoms. The number of urea groups is 1. The number of rotatable bonds is 5. The quantitative estimate of drug-likeness (QED) is 0.763. The maximum Gasteiger partial charge on any atom is 0.325 e. The average Bonchev–Trinajstić information content (AvgIpc) is 2.72. The van der Waals surface area contributed by atoms with E-state index >= 15 is 0 Å². The molecule has 0 saturated carbocycles. The van der Waals surface area contributed by atoms with Gasteiger partial charge in [-0.1, -0.05) is 17.7 Å². The van der Waals surface area contributed by atoms with Gasteiger partial charge >= 0.3 is 6.03 Å². The molecule has 0 aromatic heterocycles. The molecule has 4 amide bonds. The summed E-state index contributed by atoms with van der Waals surface area (Å²) in [6.07, 6.45) is 3.42. The van der Waals surface area contributed by atoms with Crippen LogP contribution in [0, 0.1) is 13.8 Å². The number of nitrogens with zero attached hydrogens (tertiary/aromatic N) is 3. The number of anilines is 1. The summed E-state index contributed by atoms with van der Waals surface area (Å²) in [5.74, 6) is -0.112. The Bertz CT molecular complexity index is 768. The number of piperidine rings is 1. The molecule has 0 unspecified atom stereocenters. The molecule has 1 aromatic carbocycles. The first-order valence-corrected chi connectivity index (χ1v) is 10.8. The SMILES string of the molecule is Cc1ccc(NC(=O)NC(=O)CN2CCN(CC(=O)N3CCCCC3)CC2)c(C)c1. The maximum absolute atomic E-state index is 12.4. The number of aryl methyl sites for hydroxylation is 2. The number of carbonyl (C=O) groups excluding carboxylic acids is 3. The van der Waals surface area contributed by atoms with Gasteiger partial charge in [0.05, 0.1) is 13.1 Å². The van der Waals surface area contributed by atoms with Crippen molar-refractivity contribution in [3.05, 3.63) is 29.3 Å². The topological polar surface area (TPSA) is 85.0 Å². The van der Waals surface area contributed by atoms with Crippen LogP contribution in [0.4, 0.5) is 10.5 Å². The van der Waals surface area contributed by atoms with Crippen LogP contribution in [0.3, 0.4) is 0 Å². The van der Waals surface area contributed by atoms with Crippen molar-refractivity contribution in [3.63, 3.8) is 0 Å². The van der Waals surface area contributed by atoms with E-state index in [1.165, 1.54) is 6.42 Å².